The Morgan fingerprint density at radius 1 is 1.15 bits per heavy atom. The molecular weight excluding hydrogens is 456 g/mol. The minimum Gasteiger partial charge on any atom is -0.496 e. The molecule has 2 aliphatic heterocycles. The molecule has 34 heavy (non-hydrogen) atoms. The number of ether oxygens (including phenoxy) is 3. The molecule has 1 amide bonds. The third-order valence-corrected chi connectivity index (χ3v) is 8.71. The highest BCUT2D eigenvalue weighted by atomic mass is 32.2. The van der Waals surface area contributed by atoms with Gasteiger partial charge >= 0.3 is 0 Å². The number of amides is 1. The summed E-state index contributed by atoms with van der Waals surface area (Å²) in [5.41, 5.74) is 0.710. The number of nitrogens with zero attached hydrogens (tertiary/aromatic N) is 1. The minimum atomic E-state index is -3.75. The van der Waals surface area contributed by atoms with Gasteiger partial charge in [0.2, 0.25) is 10.0 Å². The molecule has 2 heterocycles. The Kier molecular flexibility index (Phi) is 7.16. The first-order valence-corrected chi connectivity index (χ1v) is 13.1. The van der Waals surface area contributed by atoms with E-state index >= 15 is 0 Å². The summed E-state index contributed by atoms with van der Waals surface area (Å²) in [5.74, 6) is 0.688. The number of methoxy groups -OCH3 is 1. The molecule has 4 rings (SSSR count). The van der Waals surface area contributed by atoms with Crippen LogP contribution in [0.15, 0.2) is 47.4 Å². The maximum Gasteiger partial charge on any atom is 0.255 e. The fourth-order valence-corrected chi connectivity index (χ4v) is 6.06. The predicted octanol–water partition coefficient (Wildman–Crippen LogP) is 3.53. The van der Waals surface area contributed by atoms with Gasteiger partial charge in [0.15, 0.2) is 0 Å². The second-order valence-electron chi connectivity index (χ2n) is 8.64. The number of fused-ring (bicyclic) bond motifs is 1. The van der Waals surface area contributed by atoms with E-state index in [4.69, 9.17) is 14.2 Å². The lowest BCUT2D eigenvalue weighted by molar-refractivity contribution is 0.0227. The highest BCUT2D eigenvalue weighted by molar-refractivity contribution is 7.89. The van der Waals surface area contributed by atoms with Crippen molar-refractivity contribution in [3.63, 3.8) is 0 Å². The van der Waals surface area contributed by atoms with E-state index < -0.39 is 15.9 Å². The molecule has 0 unspecified atom stereocenters. The Morgan fingerprint density at radius 3 is 2.53 bits per heavy atom. The molecule has 1 saturated heterocycles. The van der Waals surface area contributed by atoms with Crippen LogP contribution in [-0.2, 0) is 14.8 Å². The molecule has 1 fully saturated rings. The van der Waals surface area contributed by atoms with Crippen LogP contribution in [0.3, 0.4) is 0 Å². The molecule has 0 aliphatic carbocycles. The normalized spacial score (nSPS) is 20.1. The SMILES string of the molecule is CCC1(CC)C[C@@H](NC(=O)c2cc(S(=O)(=O)N3CCOCC3)ccc2OC)c2ccccc2O1. The van der Waals surface area contributed by atoms with Crippen molar-refractivity contribution < 1.29 is 27.4 Å². The minimum absolute atomic E-state index is 0.0594. The summed E-state index contributed by atoms with van der Waals surface area (Å²) in [7, 11) is -2.29. The van der Waals surface area contributed by atoms with Crippen molar-refractivity contribution in [3.05, 3.63) is 53.6 Å². The van der Waals surface area contributed by atoms with Crippen LogP contribution in [0.2, 0.25) is 0 Å². The number of carbonyl (C=O) groups excluding carboxylic acids is 1. The number of rotatable bonds is 7. The van der Waals surface area contributed by atoms with E-state index in [9.17, 15) is 13.2 Å². The Bertz CT molecular complexity index is 1140. The van der Waals surface area contributed by atoms with Crippen molar-refractivity contribution in [2.24, 2.45) is 0 Å². The third-order valence-electron chi connectivity index (χ3n) is 6.81. The number of morpholine rings is 1. The molecule has 1 N–H and O–H groups in total. The van der Waals surface area contributed by atoms with Crippen molar-refractivity contribution in [1.82, 2.24) is 9.62 Å². The summed E-state index contributed by atoms with van der Waals surface area (Å²) >= 11 is 0. The number of hydrogen-bond acceptors (Lipinski definition) is 6. The average Bonchev–Trinajstić information content (AvgIpc) is 2.88. The van der Waals surface area contributed by atoms with Gasteiger partial charge in [-0.1, -0.05) is 32.0 Å². The zero-order valence-electron chi connectivity index (χ0n) is 19.9. The van der Waals surface area contributed by atoms with Crippen molar-refractivity contribution in [1.29, 1.82) is 0 Å². The van der Waals surface area contributed by atoms with E-state index in [1.807, 2.05) is 24.3 Å². The van der Waals surface area contributed by atoms with E-state index in [-0.39, 0.29) is 35.2 Å². The van der Waals surface area contributed by atoms with Crippen LogP contribution in [0.1, 0.15) is 55.1 Å². The van der Waals surface area contributed by atoms with Crippen LogP contribution in [0.25, 0.3) is 0 Å². The van der Waals surface area contributed by atoms with Crippen molar-refractivity contribution in [3.8, 4) is 11.5 Å². The summed E-state index contributed by atoms with van der Waals surface area (Å²) in [5, 5.41) is 3.12. The van der Waals surface area contributed by atoms with Gasteiger partial charge in [-0.2, -0.15) is 4.31 Å². The molecule has 8 nitrogen and oxygen atoms in total. The lowest BCUT2D eigenvalue weighted by Crippen LogP contribution is -2.44. The smallest absolute Gasteiger partial charge is 0.255 e. The molecular formula is C25H32N2O6S. The van der Waals surface area contributed by atoms with Crippen molar-refractivity contribution in [2.45, 2.75) is 49.6 Å². The molecule has 2 aromatic carbocycles. The van der Waals surface area contributed by atoms with E-state index in [0.29, 0.717) is 25.4 Å². The van der Waals surface area contributed by atoms with Gasteiger partial charge in [0.05, 0.1) is 36.8 Å². The molecule has 184 valence electrons. The van der Waals surface area contributed by atoms with E-state index in [0.717, 1.165) is 24.2 Å². The van der Waals surface area contributed by atoms with Crippen LogP contribution >= 0.6 is 0 Å². The zero-order chi connectivity index (χ0) is 24.3. The first-order chi connectivity index (χ1) is 16.3. The number of para-hydroxylation sites is 1. The Balaban J connectivity index is 1.66. The summed E-state index contributed by atoms with van der Waals surface area (Å²) in [6.45, 7) is 5.43. The monoisotopic (exact) mass is 488 g/mol. The van der Waals surface area contributed by atoms with Crippen LogP contribution in [0.4, 0.5) is 0 Å². The van der Waals surface area contributed by atoms with Gasteiger partial charge < -0.3 is 19.5 Å². The molecule has 1 atom stereocenters. The molecule has 0 radical (unpaired) electrons. The third kappa shape index (κ3) is 4.64. The lowest BCUT2D eigenvalue weighted by Gasteiger charge is -2.41. The van der Waals surface area contributed by atoms with Gasteiger partial charge in [0.1, 0.15) is 17.1 Å². The number of hydrogen-bond donors (Lipinski definition) is 1. The highest BCUT2D eigenvalue weighted by Crippen LogP contribution is 2.43. The van der Waals surface area contributed by atoms with Gasteiger partial charge in [-0.3, -0.25) is 4.79 Å². The standard InChI is InChI=1S/C25H32N2O6S/c1-4-25(5-2)17-21(19-8-6-7-9-23(19)33-25)26-24(28)20-16-18(10-11-22(20)31-3)34(29,30)27-12-14-32-15-13-27/h6-11,16,21H,4-5,12-15,17H2,1-3H3,(H,26,28)/t21-/m1/s1. The van der Waals surface area contributed by atoms with E-state index in [1.54, 1.807) is 0 Å². The summed E-state index contributed by atoms with van der Waals surface area (Å²) in [6, 6.07) is 11.8. The predicted molar refractivity (Wildman–Crippen MR) is 128 cm³/mol. The molecule has 0 bridgehead atoms. The number of nitrogens with one attached hydrogen (secondary N) is 1. The second kappa shape index (κ2) is 9.93. The number of sulfonamides is 1. The summed E-state index contributed by atoms with van der Waals surface area (Å²) in [6.07, 6.45) is 2.23. The van der Waals surface area contributed by atoms with E-state index in [2.05, 4.69) is 19.2 Å². The number of carbonyl (C=O) groups is 1. The van der Waals surface area contributed by atoms with Crippen molar-refractivity contribution >= 4 is 15.9 Å². The fourth-order valence-electron chi connectivity index (χ4n) is 4.63. The van der Waals surface area contributed by atoms with Gasteiger partial charge in [-0.15, -0.1) is 0 Å². The van der Waals surface area contributed by atoms with Gasteiger partial charge in [0.25, 0.3) is 5.91 Å². The Labute approximate surface area is 201 Å². The largest absolute Gasteiger partial charge is 0.496 e. The second-order valence-corrected chi connectivity index (χ2v) is 10.6. The first-order valence-electron chi connectivity index (χ1n) is 11.7. The molecule has 0 saturated carbocycles. The fraction of sp³-hybridized carbons (Fsp3) is 0.480. The first kappa shape index (κ1) is 24.5. The van der Waals surface area contributed by atoms with Crippen LogP contribution in [0.5, 0.6) is 11.5 Å². The Hall–Kier alpha value is -2.62. The Morgan fingerprint density at radius 2 is 1.85 bits per heavy atom. The lowest BCUT2D eigenvalue weighted by atomic mass is 9.83. The van der Waals surface area contributed by atoms with Crippen molar-refractivity contribution in [2.75, 3.05) is 33.4 Å². The van der Waals surface area contributed by atoms with Gasteiger partial charge in [-0.25, -0.2) is 8.42 Å². The number of benzene rings is 2. The van der Waals surface area contributed by atoms with Crippen LogP contribution in [0, 0.1) is 0 Å². The quantitative estimate of drug-likeness (QED) is 0.641. The van der Waals surface area contributed by atoms with Gasteiger partial charge in [0, 0.05) is 25.1 Å². The topological polar surface area (TPSA) is 94.2 Å². The van der Waals surface area contributed by atoms with Gasteiger partial charge in [-0.05, 0) is 37.1 Å². The highest BCUT2D eigenvalue weighted by Gasteiger charge is 2.39. The molecule has 0 spiro atoms. The van der Waals surface area contributed by atoms with Crippen LogP contribution < -0.4 is 14.8 Å². The zero-order valence-corrected chi connectivity index (χ0v) is 20.7. The van der Waals surface area contributed by atoms with E-state index in [1.165, 1.54) is 29.6 Å². The molecule has 2 aromatic rings. The summed E-state index contributed by atoms with van der Waals surface area (Å²) < 4.78 is 44.7. The molecule has 9 heteroatoms. The summed E-state index contributed by atoms with van der Waals surface area (Å²) in [4.78, 5) is 13.5. The maximum atomic E-state index is 13.5. The van der Waals surface area contributed by atoms with Crippen LogP contribution in [-0.4, -0.2) is 57.6 Å². The molecule has 2 aliphatic rings. The average molecular weight is 489 g/mol. The maximum absolute atomic E-state index is 13.5. The molecule has 0 aromatic heterocycles.